The molecule has 4 heteroatoms. The van der Waals surface area contributed by atoms with Gasteiger partial charge < -0.3 is 10.6 Å². The summed E-state index contributed by atoms with van der Waals surface area (Å²) in [6, 6.07) is 2.01. The van der Waals surface area contributed by atoms with Crippen LogP contribution in [0.15, 0.2) is 6.07 Å². The molecule has 1 heterocycles. The van der Waals surface area contributed by atoms with Crippen LogP contribution in [0.5, 0.6) is 0 Å². The Hall–Kier alpha value is -1.32. The van der Waals surface area contributed by atoms with E-state index in [1.165, 1.54) is 25.7 Å². The van der Waals surface area contributed by atoms with Crippen molar-refractivity contribution in [1.82, 2.24) is 9.97 Å². The Morgan fingerprint density at radius 2 is 1.94 bits per heavy atom. The second-order valence-electron chi connectivity index (χ2n) is 5.72. The number of anilines is 2. The van der Waals surface area contributed by atoms with Crippen LogP contribution < -0.4 is 10.6 Å². The number of hydrogen-bond donors (Lipinski definition) is 2. The predicted molar refractivity (Wildman–Crippen MR) is 73.9 cm³/mol. The highest BCUT2D eigenvalue weighted by Crippen LogP contribution is 2.39. The van der Waals surface area contributed by atoms with Crippen LogP contribution in [0.25, 0.3) is 0 Å². The van der Waals surface area contributed by atoms with E-state index in [1.54, 1.807) is 0 Å². The van der Waals surface area contributed by atoms with E-state index in [0.29, 0.717) is 5.92 Å². The molecule has 0 amide bonds. The van der Waals surface area contributed by atoms with Gasteiger partial charge in [0, 0.05) is 25.6 Å². The van der Waals surface area contributed by atoms with E-state index in [2.05, 4.69) is 27.5 Å². The standard InChI is InChI=1S/C14H22N4/c1-9(10-3-4-10)8-16-13-7-12(15-2)17-14(18-13)11-5-6-11/h7,9-11H,3-6,8H2,1-2H3,(H2,15,16,17,18). The molecular formula is C14H22N4. The molecule has 3 rings (SSSR count). The van der Waals surface area contributed by atoms with Gasteiger partial charge in [0.1, 0.15) is 17.5 Å². The van der Waals surface area contributed by atoms with Crippen molar-refractivity contribution in [2.24, 2.45) is 11.8 Å². The minimum Gasteiger partial charge on any atom is -0.373 e. The van der Waals surface area contributed by atoms with Gasteiger partial charge in [0.25, 0.3) is 0 Å². The van der Waals surface area contributed by atoms with E-state index in [9.17, 15) is 0 Å². The normalized spacial score (nSPS) is 20.6. The van der Waals surface area contributed by atoms with Crippen molar-refractivity contribution < 1.29 is 0 Å². The zero-order valence-corrected chi connectivity index (χ0v) is 11.2. The summed E-state index contributed by atoms with van der Waals surface area (Å²) < 4.78 is 0. The molecule has 0 aliphatic heterocycles. The Balaban J connectivity index is 1.67. The van der Waals surface area contributed by atoms with E-state index in [1.807, 2.05) is 13.1 Å². The second-order valence-corrected chi connectivity index (χ2v) is 5.72. The summed E-state index contributed by atoms with van der Waals surface area (Å²) in [5.74, 6) is 5.19. The van der Waals surface area contributed by atoms with Gasteiger partial charge in [-0.2, -0.15) is 0 Å². The van der Waals surface area contributed by atoms with Crippen molar-refractivity contribution in [2.45, 2.75) is 38.5 Å². The highest BCUT2D eigenvalue weighted by molar-refractivity contribution is 5.47. The van der Waals surface area contributed by atoms with Crippen LogP contribution in [0.2, 0.25) is 0 Å². The molecule has 98 valence electrons. The van der Waals surface area contributed by atoms with Crippen LogP contribution in [-0.2, 0) is 0 Å². The quantitative estimate of drug-likeness (QED) is 0.810. The molecule has 1 atom stereocenters. The molecule has 18 heavy (non-hydrogen) atoms. The maximum Gasteiger partial charge on any atom is 0.136 e. The largest absolute Gasteiger partial charge is 0.373 e. The van der Waals surface area contributed by atoms with Crippen LogP contribution in [0.4, 0.5) is 11.6 Å². The minimum absolute atomic E-state index is 0.597. The number of hydrogen-bond acceptors (Lipinski definition) is 4. The first-order valence-electron chi connectivity index (χ1n) is 7.07. The average molecular weight is 246 g/mol. The molecule has 0 spiro atoms. The molecule has 2 aliphatic rings. The summed E-state index contributed by atoms with van der Waals surface area (Å²) in [4.78, 5) is 9.16. The number of rotatable bonds is 6. The highest BCUT2D eigenvalue weighted by atomic mass is 15.1. The van der Waals surface area contributed by atoms with Gasteiger partial charge in [0.15, 0.2) is 0 Å². The van der Waals surface area contributed by atoms with Crippen LogP contribution >= 0.6 is 0 Å². The summed E-state index contributed by atoms with van der Waals surface area (Å²) in [5, 5.41) is 6.59. The van der Waals surface area contributed by atoms with Gasteiger partial charge in [-0.05, 0) is 37.5 Å². The van der Waals surface area contributed by atoms with E-state index >= 15 is 0 Å². The molecule has 2 saturated carbocycles. The van der Waals surface area contributed by atoms with Gasteiger partial charge in [-0.25, -0.2) is 9.97 Å². The molecule has 0 aromatic carbocycles. The Labute approximate surface area is 109 Å². The predicted octanol–water partition coefficient (Wildman–Crippen LogP) is 2.85. The van der Waals surface area contributed by atoms with E-state index < -0.39 is 0 Å². The first kappa shape index (κ1) is 11.8. The smallest absolute Gasteiger partial charge is 0.136 e. The van der Waals surface area contributed by atoms with Crippen molar-refractivity contribution in [3.8, 4) is 0 Å². The van der Waals surface area contributed by atoms with E-state index in [0.717, 1.165) is 35.8 Å². The van der Waals surface area contributed by atoms with Crippen LogP contribution in [-0.4, -0.2) is 23.6 Å². The first-order valence-corrected chi connectivity index (χ1v) is 7.07. The molecule has 0 bridgehead atoms. The summed E-state index contributed by atoms with van der Waals surface area (Å²) in [6.45, 7) is 3.35. The van der Waals surface area contributed by atoms with Crippen molar-refractivity contribution in [3.63, 3.8) is 0 Å². The van der Waals surface area contributed by atoms with Crippen molar-refractivity contribution in [2.75, 3.05) is 24.2 Å². The fraction of sp³-hybridized carbons (Fsp3) is 0.714. The summed E-state index contributed by atoms with van der Waals surface area (Å²) in [6.07, 6.45) is 5.29. The van der Waals surface area contributed by atoms with Crippen LogP contribution in [0, 0.1) is 11.8 Å². The van der Waals surface area contributed by atoms with Gasteiger partial charge in [-0.15, -0.1) is 0 Å². The lowest BCUT2D eigenvalue weighted by Gasteiger charge is -2.13. The average Bonchev–Trinajstić information content (AvgIpc) is 3.26. The lowest BCUT2D eigenvalue weighted by Crippen LogP contribution is -2.14. The summed E-state index contributed by atoms with van der Waals surface area (Å²) in [7, 11) is 1.91. The third-order valence-electron chi connectivity index (χ3n) is 3.97. The van der Waals surface area contributed by atoms with Crippen molar-refractivity contribution in [1.29, 1.82) is 0 Å². The van der Waals surface area contributed by atoms with Crippen LogP contribution in [0.3, 0.4) is 0 Å². The van der Waals surface area contributed by atoms with Crippen molar-refractivity contribution >= 4 is 11.6 Å². The monoisotopic (exact) mass is 246 g/mol. The Bertz CT molecular complexity index is 424. The number of nitrogens with one attached hydrogen (secondary N) is 2. The molecule has 4 nitrogen and oxygen atoms in total. The first-order chi connectivity index (χ1) is 8.76. The molecule has 1 aromatic heterocycles. The third-order valence-corrected chi connectivity index (χ3v) is 3.97. The molecule has 1 unspecified atom stereocenters. The fourth-order valence-electron chi connectivity index (χ4n) is 2.31. The minimum atomic E-state index is 0.597. The van der Waals surface area contributed by atoms with Gasteiger partial charge in [0.2, 0.25) is 0 Å². The zero-order chi connectivity index (χ0) is 12.5. The van der Waals surface area contributed by atoms with E-state index in [4.69, 9.17) is 0 Å². The summed E-state index contributed by atoms with van der Waals surface area (Å²) >= 11 is 0. The SMILES string of the molecule is CNc1cc(NCC(C)C2CC2)nc(C2CC2)n1. The maximum absolute atomic E-state index is 4.63. The molecule has 2 fully saturated rings. The van der Waals surface area contributed by atoms with Gasteiger partial charge in [0.05, 0.1) is 0 Å². The van der Waals surface area contributed by atoms with Gasteiger partial charge >= 0.3 is 0 Å². The lowest BCUT2D eigenvalue weighted by atomic mass is 10.1. The van der Waals surface area contributed by atoms with Gasteiger partial charge in [-0.1, -0.05) is 6.92 Å². The summed E-state index contributed by atoms with van der Waals surface area (Å²) in [5.41, 5.74) is 0. The molecule has 2 N–H and O–H groups in total. The number of aromatic nitrogens is 2. The highest BCUT2D eigenvalue weighted by Gasteiger charge is 2.29. The second kappa shape index (κ2) is 4.75. The molecule has 2 aliphatic carbocycles. The maximum atomic E-state index is 4.63. The zero-order valence-electron chi connectivity index (χ0n) is 11.2. The fourth-order valence-corrected chi connectivity index (χ4v) is 2.31. The molecule has 1 aromatic rings. The number of nitrogens with zero attached hydrogens (tertiary/aromatic N) is 2. The molecule has 0 radical (unpaired) electrons. The Morgan fingerprint density at radius 3 is 2.56 bits per heavy atom. The Kier molecular flexibility index (Phi) is 3.10. The Morgan fingerprint density at radius 1 is 1.22 bits per heavy atom. The van der Waals surface area contributed by atoms with Crippen LogP contribution in [0.1, 0.15) is 44.3 Å². The molecular weight excluding hydrogens is 224 g/mol. The third kappa shape index (κ3) is 2.74. The topological polar surface area (TPSA) is 49.8 Å². The van der Waals surface area contributed by atoms with Crippen molar-refractivity contribution in [3.05, 3.63) is 11.9 Å². The van der Waals surface area contributed by atoms with E-state index in [-0.39, 0.29) is 0 Å². The molecule has 0 saturated heterocycles. The van der Waals surface area contributed by atoms with Gasteiger partial charge in [-0.3, -0.25) is 0 Å². The lowest BCUT2D eigenvalue weighted by molar-refractivity contribution is 0.535.